The van der Waals surface area contributed by atoms with Crippen LogP contribution in [-0.4, -0.2) is 17.4 Å². The van der Waals surface area contributed by atoms with Crippen molar-refractivity contribution in [2.24, 2.45) is 4.99 Å². The molecule has 0 fully saturated rings. The fraction of sp³-hybridized carbons (Fsp3) is 0.240. The zero-order chi connectivity index (χ0) is 19.4. The monoisotopic (exact) mass is 371 g/mol. The van der Waals surface area contributed by atoms with Gasteiger partial charge in [-0.3, -0.25) is 0 Å². The number of guanidine groups is 1. The van der Waals surface area contributed by atoms with E-state index < -0.39 is 0 Å². The summed E-state index contributed by atoms with van der Waals surface area (Å²) in [4.78, 5) is 7.29. The molecule has 0 atom stereocenters. The highest BCUT2D eigenvalue weighted by atomic mass is 15.3. The summed E-state index contributed by atoms with van der Waals surface area (Å²) in [5.74, 6) is 0.957. The van der Waals surface area contributed by atoms with Crippen molar-refractivity contribution in [3.05, 3.63) is 108 Å². The Balaban J connectivity index is 1.85. The number of nitrogens with one attached hydrogen (secondary N) is 1. The van der Waals surface area contributed by atoms with Crippen LogP contribution in [0.4, 0.5) is 0 Å². The van der Waals surface area contributed by atoms with Gasteiger partial charge >= 0.3 is 0 Å². The van der Waals surface area contributed by atoms with Gasteiger partial charge in [-0.15, -0.1) is 0 Å². The summed E-state index contributed by atoms with van der Waals surface area (Å²) in [6.07, 6.45) is 1.06. The van der Waals surface area contributed by atoms with Gasteiger partial charge in [0.15, 0.2) is 5.96 Å². The minimum Gasteiger partial charge on any atom is -0.356 e. The van der Waals surface area contributed by atoms with Crippen LogP contribution in [0.1, 0.15) is 30.0 Å². The van der Waals surface area contributed by atoms with Gasteiger partial charge in [-0.1, -0.05) is 97.9 Å². The molecule has 144 valence electrons. The first-order chi connectivity index (χ1) is 13.8. The van der Waals surface area contributed by atoms with Crippen molar-refractivity contribution < 1.29 is 0 Å². The average Bonchev–Trinajstić information content (AvgIpc) is 2.76. The Morgan fingerprint density at radius 2 is 1.18 bits per heavy atom. The van der Waals surface area contributed by atoms with Gasteiger partial charge in [-0.25, -0.2) is 4.99 Å². The second-order valence-corrected chi connectivity index (χ2v) is 6.88. The predicted octanol–water partition coefficient (Wildman–Crippen LogP) is 5.24. The van der Waals surface area contributed by atoms with E-state index in [0.717, 1.165) is 32.0 Å². The van der Waals surface area contributed by atoms with Gasteiger partial charge in [0, 0.05) is 19.6 Å². The Bertz CT molecular complexity index is 788. The first-order valence-corrected chi connectivity index (χ1v) is 10.00. The molecule has 3 rings (SSSR count). The van der Waals surface area contributed by atoms with Crippen molar-refractivity contribution in [2.75, 3.05) is 6.54 Å². The molecule has 0 unspecified atom stereocenters. The maximum absolute atomic E-state index is 4.96. The van der Waals surface area contributed by atoms with Gasteiger partial charge in [0.05, 0.1) is 6.54 Å². The van der Waals surface area contributed by atoms with Gasteiger partial charge in [-0.2, -0.15) is 0 Å². The summed E-state index contributed by atoms with van der Waals surface area (Å²) in [7, 11) is 0. The van der Waals surface area contributed by atoms with Crippen LogP contribution in [0.5, 0.6) is 0 Å². The van der Waals surface area contributed by atoms with E-state index in [1.165, 1.54) is 16.7 Å². The van der Waals surface area contributed by atoms with E-state index in [4.69, 9.17) is 4.99 Å². The normalized spacial score (nSPS) is 11.2. The summed E-state index contributed by atoms with van der Waals surface area (Å²) in [5, 5.41) is 3.56. The molecule has 0 saturated carbocycles. The summed E-state index contributed by atoms with van der Waals surface area (Å²) in [6.45, 7) is 5.40. The smallest absolute Gasteiger partial charge is 0.194 e. The topological polar surface area (TPSA) is 27.6 Å². The lowest BCUT2D eigenvalue weighted by atomic mass is 10.1. The number of rotatable bonds is 8. The highest BCUT2D eigenvalue weighted by Gasteiger charge is 2.13. The van der Waals surface area contributed by atoms with E-state index in [-0.39, 0.29) is 0 Å². The van der Waals surface area contributed by atoms with Crippen LogP contribution in [0.2, 0.25) is 0 Å². The van der Waals surface area contributed by atoms with Crippen LogP contribution >= 0.6 is 0 Å². The van der Waals surface area contributed by atoms with E-state index in [1.54, 1.807) is 0 Å². The van der Waals surface area contributed by atoms with E-state index >= 15 is 0 Å². The number of benzene rings is 3. The van der Waals surface area contributed by atoms with Crippen LogP contribution in [0.15, 0.2) is 96.0 Å². The second kappa shape index (κ2) is 10.9. The van der Waals surface area contributed by atoms with Crippen molar-refractivity contribution in [2.45, 2.75) is 33.0 Å². The average molecular weight is 372 g/mol. The highest BCUT2D eigenvalue weighted by molar-refractivity contribution is 5.80. The molecule has 0 spiro atoms. The third kappa shape index (κ3) is 6.27. The summed E-state index contributed by atoms with van der Waals surface area (Å²) < 4.78 is 0. The number of nitrogens with zero attached hydrogens (tertiary/aromatic N) is 2. The zero-order valence-electron chi connectivity index (χ0n) is 16.6. The van der Waals surface area contributed by atoms with E-state index in [1.807, 2.05) is 6.07 Å². The standard InChI is InChI=1S/C25H29N3/c1-2-18-26-25(27-19-22-12-6-3-7-13-22)28(20-23-14-8-4-9-15-23)21-24-16-10-5-11-17-24/h3-17H,2,18-21H2,1H3,(H,26,27). The Morgan fingerprint density at radius 1 is 0.714 bits per heavy atom. The molecule has 0 heterocycles. The molecular formula is C25H29N3. The van der Waals surface area contributed by atoms with Crippen LogP contribution in [0.25, 0.3) is 0 Å². The Morgan fingerprint density at radius 3 is 1.64 bits per heavy atom. The maximum atomic E-state index is 4.96. The fourth-order valence-electron chi connectivity index (χ4n) is 3.07. The largest absolute Gasteiger partial charge is 0.356 e. The zero-order valence-corrected chi connectivity index (χ0v) is 16.6. The molecule has 3 aromatic carbocycles. The molecule has 0 radical (unpaired) electrons. The molecule has 1 N–H and O–H groups in total. The van der Waals surface area contributed by atoms with Gasteiger partial charge in [0.25, 0.3) is 0 Å². The minimum absolute atomic E-state index is 0.674. The molecule has 0 amide bonds. The van der Waals surface area contributed by atoms with Gasteiger partial charge in [-0.05, 0) is 23.1 Å². The molecular weight excluding hydrogens is 342 g/mol. The van der Waals surface area contributed by atoms with Crippen molar-refractivity contribution in [3.63, 3.8) is 0 Å². The van der Waals surface area contributed by atoms with Crippen LogP contribution in [0, 0.1) is 0 Å². The molecule has 0 saturated heterocycles. The molecule has 3 aromatic rings. The number of hydrogen-bond donors (Lipinski definition) is 1. The summed E-state index contributed by atoms with van der Waals surface area (Å²) >= 11 is 0. The molecule has 0 aromatic heterocycles. The lowest BCUT2D eigenvalue weighted by molar-refractivity contribution is 0.388. The van der Waals surface area contributed by atoms with Crippen molar-refractivity contribution >= 4 is 5.96 Å². The lowest BCUT2D eigenvalue weighted by Gasteiger charge is -2.27. The van der Waals surface area contributed by atoms with Gasteiger partial charge in [0.2, 0.25) is 0 Å². The highest BCUT2D eigenvalue weighted by Crippen LogP contribution is 2.11. The molecule has 0 aliphatic rings. The predicted molar refractivity (Wildman–Crippen MR) is 118 cm³/mol. The third-order valence-corrected chi connectivity index (χ3v) is 4.52. The van der Waals surface area contributed by atoms with Crippen LogP contribution in [0.3, 0.4) is 0 Å². The molecule has 0 aliphatic heterocycles. The Labute approximate surface area is 168 Å². The van der Waals surface area contributed by atoms with Crippen molar-refractivity contribution in [1.29, 1.82) is 0 Å². The Hall–Kier alpha value is -3.07. The van der Waals surface area contributed by atoms with E-state index in [9.17, 15) is 0 Å². The molecule has 28 heavy (non-hydrogen) atoms. The SMILES string of the molecule is CCCNC(=NCc1ccccc1)N(Cc1ccccc1)Cc1ccccc1. The fourth-order valence-corrected chi connectivity index (χ4v) is 3.07. The number of hydrogen-bond acceptors (Lipinski definition) is 1. The van der Waals surface area contributed by atoms with E-state index in [0.29, 0.717) is 6.54 Å². The molecule has 3 heteroatoms. The molecule has 0 aliphatic carbocycles. The summed E-state index contributed by atoms with van der Waals surface area (Å²) in [6, 6.07) is 31.6. The van der Waals surface area contributed by atoms with Crippen molar-refractivity contribution in [1.82, 2.24) is 10.2 Å². The quantitative estimate of drug-likeness (QED) is 0.433. The second-order valence-electron chi connectivity index (χ2n) is 6.88. The lowest BCUT2D eigenvalue weighted by Crippen LogP contribution is -2.41. The maximum Gasteiger partial charge on any atom is 0.194 e. The Kier molecular flexibility index (Phi) is 7.68. The van der Waals surface area contributed by atoms with Gasteiger partial charge < -0.3 is 10.2 Å². The van der Waals surface area contributed by atoms with Crippen LogP contribution < -0.4 is 5.32 Å². The van der Waals surface area contributed by atoms with Crippen LogP contribution in [-0.2, 0) is 19.6 Å². The summed E-state index contributed by atoms with van der Waals surface area (Å²) in [5.41, 5.74) is 3.78. The van der Waals surface area contributed by atoms with Gasteiger partial charge in [0.1, 0.15) is 0 Å². The molecule has 3 nitrogen and oxygen atoms in total. The third-order valence-electron chi connectivity index (χ3n) is 4.52. The first-order valence-electron chi connectivity index (χ1n) is 10.00. The minimum atomic E-state index is 0.674. The number of aliphatic imine (C=N–C) groups is 1. The molecule has 0 bridgehead atoms. The first kappa shape index (κ1) is 19.7. The van der Waals surface area contributed by atoms with Crippen molar-refractivity contribution in [3.8, 4) is 0 Å². The van der Waals surface area contributed by atoms with E-state index in [2.05, 4.69) is 102 Å².